The highest BCUT2D eigenvalue weighted by atomic mass is 15.2. The number of hydrogen-bond donors (Lipinski definition) is 0. The SMILES string of the molecule is CC1=C(c2c[c]ccc2)C(C)N=N1. The molecular formula is C11H11N2. The standard InChI is InChI=1S/C11H11N2/c1-8-11(9(2)13-12-8)10-6-4-3-5-7-10/h3-4,6-8H,1-2H3. The second kappa shape index (κ2) is 3.13. The van der Waals surface area contributed by atoms with Crippen molar-refractivity contribution in [1.29, 1.82) is 0 Å². The van der Waals surface area contributed by atoms with Gasteiger partial charge in [-0.05, 0) is 31.5 Å². The lowest BCUT2D eigenvalue weighted by atomic mass is 9.99. The Kier molecular flexibility index (Phi) is 1.97. The average molecular weight is 171 g/mol. The van der Waals surface area contributed by atoms with Gasteiger partial charge < -0.3 is 0 Å². The maximum absolute atomic E-state index is 4.11. The zero-order chi connectivity index (χ0) is 9.26. The lowest BCUT2D eigenvalue weighted by molar-refractivity contribution is 0.904. The first kappa shape index (κ1) is 8.17. The zero-order valence-corrected chi connectivity index (χ0v) is 7.78. The first-order valence-corrected chi connectivity index (χ1v) is 4.37. The minimum atomic E-state index is 0.191. The van der Waals surface area contributed by atoms with Crippen molar-refractivity contribution in [3.05, 3.63) is 41.6 Å². The van der Waals surface area contributed by atoms with Gasteiger partial charge in [0.25, 0.3) is 0 Å². The molecule has 0 saturated heterocycles. The van der Waals surface area contributed by atoms with Crippen LogP contribution in [-0.4, -0.2) is 6.04 Å². The zero-order valence-electron chi connectivity index (χ0n) is 7.78. The number of rotatable bonds is 1. The van der Waals surface area contributed by atoms with Gasteiger partial charge in [0, 0.05) is 5.57 Å². The highest BCUT2D eigenvalue weighted by molar-refractivity contribution is 5.72. The molecule has 2 rings (SSSR count). The van der Waals surface area contributed by atoms with Crippen molar-refractivity contribution in [2.45, 2.75) is 19.9 Å². The van der Waals surface area contributed by atoms with Gasteiger partial charge in [0.2, 0.25) is 0 Å². The molecule has 0 aliphatic carbocycles. The Morgan fingerprint density at radius 2 is 2.31 bits per heavy atom. The van der Waals surface area contributed by atoms with Crippen molar-refractivity contribution >= 4 is 5.57 Å². The van der Waals surface area contributed by atoms with Gasteiger partial charge in [-0.25, -0.2) is 0 Å². The summed E-state index contributed by atoms with van der Waals surface area (Å²) in [4.78, 5) is 0. The van der Waals surface area contributed by atoms with Crippen LogP contribution in [0.1, 0.15) is 19.4 Å². The van der Waals surface area contributed by atoms with Crippen molar-refractivity contribution in [3.8, 4) is 0 Å². The summed E-state index contributed by atoms with van der Waals surface area (Å²) in [5.41, 5.74) is 3.42. The van der Waals surface area contributed by atoms with Crippen molar-refractivity contribution in [2.24, 2.45) is 10.2 Å². The molecular weight excluding hydrogens is 160 g/mol. The van der Waals surface area contributed by atoms with Crippen LogP contribution in [-0.2, 0) is 0 Å². The van der Waals surface area contributed by atoms with E-state index in [0.29, 0.717) is 0 Å². The normalized spacial score (nSPS) is 21.2. The van der Waals surface area contributed by atoms with Gasteiger partial charge in [0.15, 0.2) is 0 Å². The number of azo groups is 1. The summed E-state index contributed by atoms with van der Waals surface area (Å²) in [7, 11) is 0. The van der Waals surface area contributed by atoms with Gasteiger partial charge in [0.1, 0.15) is 0 Å². The van der Waals surface area contributed by atoms with E-state index in [1.54, 1.807) is 0 Å². The predicted molar refractivity (Wildman–Crippen MR) is 52.2 cm³/mol. The lowest BCUT2D eigenvalue weighted by Gasteiger charge is -2.06. The molecule has 0 saturated carbocycles. The average Bonchev–Trinajstić information content (AvgIpc) is 2.48. The van der Waals surface area contributed by atoms with E-state index >= 15 is 0 Å². The largest absolute Gasteiger partial charge is 0.181 e. The molecule has 2 nitrogen and oxygen atoms in total. The number of allylic oxidation sites excluding steroid dienone is 1. The van der Waals surface area contributed by atoms with E-state index in [1.807, 2.05) is 25.1 Å². The van der Waals surface area contributed by atoms with Crippen LogP contribution in [0.15, 0.2) is 40.2 Å². The van der Waals surface area contributed by atoms with Crippen molar-refractivity contribution in [2.75, 3.05) is 0 Å². The maximum Gasteiger partial charge on any atom is 0.0957 e. The summed E-state index contributed by atoms with van der Waals surface area (Å²) in [5.74, 6) is 0. The van der Waals surface area contributed by atoms with Crippen molar-refractivity contribution in [1.82, 2.24) is 0 Å². The summed E-state index contributed by atoms with van der Waals surface area (Å²) in [6.07, 6.45) is 0. The van der Waals surface area contributed by atoms with Crippen LogP contribution in [0.25, 0.3) is 5.57 Å². The minimum absolute atomic E-state index is 0.191. The second-order valence-electron chi connectivity index (χ2n) is 3.18. The molecule has 1 aromatic carbocycles. The van der Waals surface area contributed by atoms with E-state index in [9.17, 15) is 0 Å². The van der Waals surface area contributed by atoms with Crippen LogP contribution < -0.4 is 0 Å². The topological polar surface area (TPSA) is 24.7 Å². The molecule has 65 valence electrons. The van der Waals surface area contributed by atoms with E-state index in [4.69, 9.17) is 0 Å². The van der Waals surface area contributed by atoms with Gasteiger partial charge in [0.05, 0.1) is 11.7 Å². The summed E-state index contributed by atoms with van der Waals surface area (Å²) >= 11 is 0. The molecule has 1 aliphatic heterocycles. The summed E-state index contributed by atoms with van der Waals surface area (Å²) in [6.45, 7) is 4.05. The Balaban J connectivity index is 2.44. The third-order valence-electron chi connectivity index (χ3n) is 2.21. The summed E-state index contributed by atoms with van der Waals surface area (Å²) < 4.78 is 0. The van der Waals surface area contributed by atoms with Crippen molar-refractivity contribution in [3.63, 3.8) is 0 Å². The fourth-order valence-electron chi connectivity index (χ4n) is 1.60. The fourth-order valence-corrected chi connectivity index (χ4v) is 1.60. The van der Waals surface area contributed by atoms with Crippen LogP contribution in [0, 0.1) is 6.07 Å². The molecule has 0 amide bonds. The van der Waals surface area contributed by atoms with E-state index in [-0.39, 0.29) is 6.04 Å². The van der Waals surface area contributed by atoms with Gasteiger partial charge in [-0.15, -0.1) is 0 Å². The van der Waals surface area contributed by atoms with E-state index in [2.05, 4.69) is 29.3 Å². The Labute approximate surface area is 78.0 Å². The third kappa shape index (κ3) is 1.39. The van der Waals surface area contributed by atoms with Crippen LogP contribution in [0.4, 0.5) is 0 Å². The Morgan fingerprint density at radius 1 is 1.46 bits per heavy atom. The fraction of sp³-hybridized carbons (Fsp3) is 0.273. The maximum atomic E-state index is 4.11. The summed E-state index contributed by atoms with van der Waals surface area (Å²) in [6, 6.07) is 11.2. The molecule has 0 fully saturated rings. The molecule has 13 heavy (non-hydrogen) atoms. The quantitative estimate of drug-likeness (QED) is 0.620. The highest BCUT2D eigenvalue weighted by Crippen LogP contribution is 2.29. The number of benzene rings is 1. The molecule has 2 heteroatoms. The van der Waals surface area contributed by atoms with Gasteiger partial charge >= 0.3 is 0 Å². The smallest absolute Gasteiger partial charge is 0.0957 e. The Morgan fingerprint density at radius 3 is 2.85 bits per heavy atom. The van der Waals surface area contributed by atoms with Gasteiger partial charge in [-0.1, -0.05) is 18.2 Å². The molecule has 0 aromatic heterocycles. The molecule has 1 heterocycles. The van der Waals surface area contributed by atoms with Gasteiger partial charge in [-0.2, -0.15) is 10.2 Å². The molecule has 1 aromatic rings. The molecule has 1 unspecified atom stereocenters. The first-order valence-electron chi connectivity index (χ1n) is 4.37. The number of nitrogens with zero attached hydrogens (tertiary/aromatic N) is 2. The molecule has 0 bridgehead atoms. The first-order chi connectivity index (χ1) is 6.29. The molecule has 1 atom stereocenters. The van der Waals surface area contributed by atoms with Crippen LogP contribution in [0.5, 0.6) is 0 Å². The van der Waals surface area contributed by atoms with E-state index in [1.165, 1.54) is 11.1 Å². The minimum Gasteiger partial charge on any atom is -0.181 e. The molecule has 0 N–H and O–H groups in total. The Hall–Kier alpha value is -1.44. The number of hydrogen-bond acceptors (Lipinski definition) is 2. The summed E-state index contributed by atoms with van der Waals surface area (Å²) in [5, 5.41) is 8.18. The molecule has 0 spiro atoms. The Bertz CT molecular complexity index is 363. The second-order valence-corrected chi connectivity index (χ2v) is 3.18. The van der Waals surface area contributed by atoms with Crippen molar-refractivity contribution < 1.29 is 0 Å². The molecule has 1 radical (unpaired) electrons. The predicted octanol–water partition coefficient (Wildman–Crippen LogP) is 3.07. The van der Waals surface area contributed by atoms with Crippen LogP contribution >= 0.6 is 0 Å². The monoisotopic (exact) mass is 171 g/mol. The van der Waals surface area contributed by atoms with E-state index < -0.39 is 0 Å². The van der Waals surface area contributed by atoms with Crippen LogP contribution in [0.2, 0.25) is 0 Å². The van der Waals surface area contributed by atoms with Crippen LogP contribution in [0.3, 0.4) is 0 Å². The van der Waals surface area contributed by atoms with E-state index in [0.717, 1.165) is 5.70 Å². The van der Waals surface area contributed by atoms with Gasteiger partial charge in [-0.3, -0.25) is 0 Å². The lowest BCUT2D eigenvalue weighted by Crippen LogP contribution is -1.98. The third-order valence-corrected chi connectivity index (χ3v) is 2.21. The highest BCUT2D eigenvalue weighted by Gasteiger charge is 2.17. The molecule has 1 aliphatic rings.